The van der Waals surface area contributed by atoms with Crippen molar-refractivity contribution in [2.24, 2.45) is 0 Å². The Hall–Kier alpha value is -0.950. The van der Waals surface area contributed by atoms with Crippen LogP contribution in [-0.4, -0.2) is 24.0 Å². The van der Waals surface area contributed by atoms with Crippen molar-refractivity contribution in [3.63, 3.8) is 0 Å². The van der Waals surface area contributed by atoms with Crippen molar-refractivity contribution in [2.75, 3.05) is 12.0 Å². The first-order valence-electron chi connectivity index (χ1n) is 7.63. The molecule has 2 aromatic rings. The molecule has 0 unspecified atom stereocenters. The Balaban J connectivity index is 2.08. The summed E-state index contributed by atoms with van der Waals surface area (Å²) in [5.74, 6) is -0.430. The maximum absolute atomic E-state index is 13.1. The molecule has 10 heteroatoms. The van der Waals surface area contributed by atoms with Crippen LogP contribution in [0.25, 0.3) is 6.08 Å². The van der Waals surface area contributed by atoms with Crippen LogP contribution in [0, 0.1) is 7.14 Å². The summed E-state index contributed by atoms with van der Waals surface area (Å²) in [7, 11) is 1.59. The Kier molecular flexibility index (Phi) is 6.85. The number of rotatable bonds is 3. The molecule has 1 aliphatic heterocycles. The number of ether oxygens (including phenoxy) is 1. The molecule has 28 heavy (non-hydrogen) atoms. The lowest BCUT2D eigenvalue weighted by molar-refractivity contribution is -0.122. The molecule has 1 N–H and O–H groups in total. The number of nitrogens with one attached hydrogen (secondary N) is 1. The molecule has 0 spiro atoms. The fraction of sp³-hybridized carbons (Fsp3) is 0.0556. The van der Waals surface area contributed by atoms with Crippen molar-refractivity contribution < 1.29 is 14.3 Å². The van der Waals surface area contributed by atoms with Crippen LogP contribution in [0.5, 0.6) is 5.75 Å². The maximum atomic E-state index is 13.1. The Labute approximate surface area is 203 Å². The van der Waals surface area contributed by atoms with Gasteiger partial charge in [0.05, 0.1) is 30.0 Å². The molecule has 0 bridgehead atoms. The Morgan fingerprint density at radius 2 is 1.82 bits per heavy atom. The van der Waals surface area contributed by atoms with Crippen molar-refractivity contribution in [1.82, 2.24) is 5.32 Å². The van der Waals surface area contributed by atoms with Gasteiger partial charge in [-0.3, -0.25) is 19.8 Å². The highest BCUT2D eigenvalue weighted by Crippen LogP contribution is 2.35. The standard InChI is InChI=1S/C18H10Cl2I2N2O3S/c1-27-15-11(21)6-8(7-12(15)22)5-9-16(25)23-18(28)24(17(9)26)13-4-2-3-10(19)14(13)20/h2-7H,1H3,(H,23,25,28)/b9-5+. The largest absolute Gasteiger partial charge is 0.495 e. The topological polar surface area (TPSA) is 58.6 Å². The van der Waals surface area contributed by atoms with Crippen LogP contribution in [0.3, 0.4) is 0 Å². The number of amides is 2. The molecule has 2 amide bonds. The number of anilines is 1. The highest BCUT2D eigenvalue weighted by molar-refractivity contribution is 14.1. The number of halogens is 4. The van der Waals surface area contributed by atoms with E-state index in [2.05, 4.69) is 50.5 Å². The van der Waals surface area contributed by atoms with Crippen LogP contribution >= 0.6 is 80.6 Å². The SMILES string of the molecule is COc1c(I)cc(/C=C2\C(=O)NC(=S)N(c3cccc(Cl)c3Cl)C2=O)cc1I. The van der Waals surface area contributed by atoms with E-state index in [9.17, 15) is 9.59 Å². The van der Waals surface area contributed by atoms with Crippen molar-refractivity contribution in [3.05, 3.63) is 58.7 Å². The van der Waals surface area contributed by atoms with Gasteiger partial charge in [-0.2, -0.15) is 0 Å². The Morgan fingerprint density at radius 1 is 1.18 bits per heavy atom. The van der Waals surface area contributed by atoms with E-state index in [1.807, 2.05) is 12.1 Å². The predicted molar refractivity (Wildman–Crippen MR) is 131 cm³/mol. The first-order valence-corrected chi connectivity index (χ1v) is 10.9. The van der Waals surface area contributed by atoms with Crippen LogP contribution in [0.15, 0.2) is 35.9 Å². The predicted octanol–water partition coefficient (Wildman–Crippen LogP) is 5.04. The van der Waals surface area contributed by atoms with Gasteiger partial charge in [-0.25, -0.2) is 0 Å². The highest BCUT2D eigenvalue weighted by atomic mass is 127. The third-order valence-electron chi connectivity index (χ3n) is 3.81. The molecule has 1 aliphatic rings. The fourth-order valence-electron chi connectivity index (χ4n) is 2.57. The van der Waals surface area contributed by atoms with Gasteiger partial charge in [0.2, 0.25) is 0 Å². The van der Waals surface area contributed by atoms with Gasteiger partial charge in [0.15, 0.2) is 5.11 Å². The molecule has 0 atom stereocenters. The van der Waals surface area contributed by atoms with Crippen LogP contribution in [0.1, 0.15) is 5.56 Å². The van der Waals surface area contributed by atoms with Gasteiger partial charge in [0.1, 0.15) is 11.3 Å². The summed E-state index contributed by atoms with van der Waals surface area (Å²) in [6, 6.07) is 8.49. The number of hydrogen-bond donors (Lipinski definition) is 1. The second-order valence-electron chi connectivity index (χ2n) is 5.55. The van der Waals surface area contributed by atoms with Crippen molar-refractivity contribution in [1.29, 1.82) is 0 Å². The molecule has 3 rings (SSSR count). The average Bonchev–Trinajstić information content (AvgIpc) is 2.62. The quantitative estimate of drug-likeness (QED) is 0.217. The summed E-state index contributed by atoms with van der Waals surface area (Å²) in [6.07, 6.45) is 1.51. The van der Waals surface area contributed by atoms with Gasteiger partial charge in [-0.15, -0.1) is 0 Å². The zero-order chi connectivity index (χ0) is 20.6. The second-order valence-corrected chi connectivity index (χ2v) is 9.04. The van der Waals surface area contributed by atoms with Gasteiger partial charge in [-0.05, 0) is 93.3 Å². The van der Waals surface area contributed by atoms with Crippen LogP contribution in [0.2, 0.25) is 10.0 Å². The Bertz CT molecular complexity index is 1040. The fourth-order valence-corrected chi connectivity index (χ4v) is 5.48. The summed E-state index contributed by atoms with van der Waals surface area (Å²) in [4.78, 5) is 26.7. The smallest absolute Gasteiger partial charge is 0.270 e. The number of carbonyl (C=O) groups is 2. The lowest BCUT2D eigenvalue weighted by Gasteiger charge is -2.29. The maximum Gasteiger partial charge on any atom is 0.270 e. The van der Waals surface area contributed by atoms with Crippen LogP contribution in [0.4, 0.5) is 5.69 Å². The minimum atomic E-state index is -0.584. The lowest BCUT2D eigenvalue weighted by atomic mass is 10.1. The van der Waals surface area contributed by atoms with Crippen LogP contribution < -0.4 is 15.0 Å². The summed E-state index contributed by atoms with van der Waals surface area (Å²) >= 11 is 21.8. The van der Waals surface area contributed by atoms with Gasteiger partial charge in [0, 0.05) is 0 Å². The minimum absolute atomic E-state index is 0.0600. The van der Waals surface area contributed by atoms with E-state index in [4.69, 9.17) is 40.2 Å². The van der Waals surface area contributed by atoms with E-state index in [0.717, 1.165) is 17.8 Å². The second kappa shape index (κ2) is 8.82. The van der Waals surface area contributed by atoms with E-state index >= 15 is 0 Å². The third kappa shape index (κ3) is 4.16. The first-order chi connectivity index (χ1) is 13.2. The number of carbonyl (C=O) groups excluding carboxylic acids is 2. The average molecular weight is 659 g/mol. The zero-order valence-corrected chi connectivity index (χ0v) is 20.7. The van der Waals surface area contributed by atoms with E-state index in [1.165, 1.54) is 6.08 Å². The summed E-state index contributed by atoms with van der Waals surface area (Å²) in [5.41, 5.74) is 0.911. The summed E-state index contributed by atoms with van der Waals surface area (Å²) in [6.45, 7) is 0. The lowest BCUT2D eigenvalue weighted by Crippen LogP contribution is -2.54. The molecule has 0 aromatic heterocycles. The Morgan fingerprint density at radius 3 is 2.43 bits per heavy atom. The van der Waals surface area contributed by atoms with Crippen LogP contribution in [-0.2, 0) is 9.59 Å². The van der Waals surface area contributed by atoms with E-state index in [-0.39, 0.29) is 20.7 Å². The van der Waals surface area contributed by atoms with Gasteiger partial charge >= 0.3 is 0 Å². The monoisotopic (exact) mass is 658 g/mol. The molecular weight excluding hydrogens is 649 g/mol. The van der Waals surface area contributed by atoms with E-state index in [1.54, 1.807) is 25.3 Å². The summed E-state index contributed by atoms with van der Waals surface area (Å²) < 4.78 is 7.05. The van der Waals surface area contributed by atoms with Gasteiger partial charge < -0.3 is 4.74 Å². The molecule has 0 aliphatic carbocycles. The van der Waals surface area contributed by atoms with Gasteiger partial charge in [0.25, 0.3) is 11.8 Å². The van der Waals surface area contributed by atoms with Crippen molar-refractivity contribution in [2.45, 2.75) is 0 Å². The molecule has 1 fully saturated rings. The van der Waals surface area contributed by atoms with Gasteiger partial charge in [-0.1, -0.05) is 29.3 Å². The summed E-state index contributed by atoms with van der Waals surface area (Å²) in [5, 5.41) is 2.91. The number of nitrogens with zero attached hydrogens (tertiary/aromatic N) is 1. The first kappa shape index (κ1) is 21.8. The third-order valence-corrected chi connectivity index (χ3v) is 6.51. The molecule has 2 aromatic carbocycles. The minimum Gasteiger partial charge on any atom is -0.495 e. The molecule has 1 saturated heterocycles. The number of benzene rings is 2. The molecule has 144 valence electrons. The van der Waals surface area contributed by atoms with Crippen molar-refractivity contribution >= 4 is 109 Å². The molecule has 1 heterocycles. The number of methoxy groups -OCH3 is 1. The number of hydrogen-bond acceptors (Lipinski definition) is 4. The number of thiocarbonyl (C=S) groups is 1. The van der Waals surface area contributed by atoms with E-state index < -0.39 is 11.8 Å². The zero-order valence-electron chi connectivity index (χ0n) is 14.1. The molecular formula is C18H10Cl2I2N2O3S. The molecule has 0 saturated carbocycles. The molecule has 5 nitrogen and oxygen atoms in total. The van der Waals surface area contributed by atoms with Crippen molar-refractivity contribution in [3.8, 4) is 5.75 Å². The highest BCUT2D eigenvalue weighted by Gasteiger charge is 2.35. The normalized spacial score (nSPS) is 15.8. The van der Waals surface area contributed by atoms with E-state index in [0.29, 0.717) is 11.3 Å². The molecule has 0 radical (unpaired) electrons.